The van der Waals surface area contributed by atoms with Gasteiger partial charge in [-0.2, -0.15) is 0 Å². The average molecular weight is 439 g/mol. The van der Waals surface area contributed by atoms with Crippen molar-refractivity contribution < 1.29 is 0 Å². The topological polar surface area (TPSA) is 39.7 Å². The van der Waals surface area contributed by atoms with Gasteiger partial charge in [0.05, 0.1) is 0 Å². The minimum absolute atomic E-state index is 0. The van der Waals surface area contributed by atoms with Crippen LogP contribution in [0.3, 0.4) is 0 Å². The van der Waals surface area contributed by atoms with Crippen LogP contribution in [0, 0.1) is 0 Å². The van der Waals surface area contributed by atoms with Crippen LogP contribution < -0.4 is 10.6 Å². The van der Waals surface area contributed by atoms with Crippen LogP contribution in [-0.4, -0.2) is 43.6 Å². The molecule has 126 valence electrons. The number of halogens is 2. The number of hydrogen-bond donors (Lipinski definition) is 2. The van der Waals surface area contributed by atoms with Gasteiger partial charge in [0.25, 0.3) is 0 Å². The molecule has 0 fully saturated rings. The van der Waals surface area contributed by atoms with E-state index in [4.69, 9.17) is 11.6 Å². The van der Waals surface area contributed by atoms with E-state index in [1.54, 1.807) is 7.05 Å². The maximum absolute atomic E-state index is 5.90. The van der Waals surface area contributed by atoms with Gasteiger partial charge in [-0.05, 0) is 38.5 Å². The predicted octanol–water partition coefficient (Wildman–Crippen LogP) is 3.35. The van der Waals surface area contributed by atoms with Crippen LogP contribution in [0.2, 0.25) is 5.02 Å². The number of benzene rings is 1. The lowest BCUT2D eigenvalue weighted by Crippen LogP contribution is -2.44. The van der Waals surface area contributed by atoms with Crippen molar-refractivity contribution in [2.75, 3.05) is 27.2 Å². The van der Waals surface area contributed by atoms with Crippen LogP contribution in [0.15, 0.2) is 29.3 Å². The Kier molecular flexibility index (Phi) is 10.0. The first-order valence-electron chi connectivity index (χ1n) is 7.23. The molecule has 2 N–H and O–H groups in total. The Bertz CT molecular complexity index is 454. The second-order valence-corrected chi connectivity index (χ2v) is 6.57. The van der Waals surface area contributed by atoms with E-state index in [0.29, 0.717) is 0 Å². The summed E-state index contributed by atoms with van der Waals surface area (Å²) in [5, 5.41) is 7.57. The van der Waals surface area contributed by atoms with Crippen LogP contribution in [-0.2, 0) is 6.54 Å². The van der Waals surface area contributed by atoms with Crippen molar-refractivity contribution in [3.8, 4) is 0 Å². The third-order valence-electron chi connectivity index (χ3n) is 2.97. The van der Waals surface area contributed by atoms with Gasteiger partial charge in [0, 0.05) is 44.3 Å². The Hall–Kier alpha value is -0.530. The van der Waals surface area contributed by atoms with Crippen LogP contribution in [0.1, 0.15) is 26.3 Å². The van der Waals surface area contributed by atoms with E-state index in [2.05, 4.69) is 41.3 Å². The van der Waals surface area contributed by atoms with Crippen LogP contribution in [0.5, 0.6) is 0 Å². The van der Waals surface area contributed by atoms with Gasteiger partial charge in [0.1, 0.15) is 0 Å². The summed E-state index contributed by atoms with van der Waals surface area (Å²) in [5.41, 5.74) is 1.35. The zero-order chi connectivity index (χ0) is 15.9. The summed E-state index contributed by atoms with van der Waals surface area (Å²) in [7, 11) is 3.83. The molecule has 0 unspecified atom stereocenters. The van der Waals surface area contributed by atoms with Crippen molar-refractivity contribution >= 4 is 41.5 Å². The Morgan fingerprint density at radius 1 is 1.18 bits per heavy atom. The maximum Gasteiger partial charge on any atom is 0.193 e. The highest BCUT2D eigenvalue weighted by Crippen LogP contribution is 2.10. The standard InChI is InChI=1S/C16H27ClN4.HI/c1-16(2,3)20-11-10-19-15(18-4)21(5)12-13-6-8-14(17)9-7-13;/h6-9,20H,10-12H2,1-5H3,(H,18,19);1H. The number of guanidine groups is 1. The average Bonchev–Trinajstić information content (AvgIpc) is 2.40. The minimum Gasteiger partial charge on any atom is -0.355 e. The van der Waals surface area contributed by atoms with Gasteiger partial charge < -0.3 is 15.5 Å². The molecule has 0 aliphatic heterocycles. The molecular weight excluding hydrogens is 411 g/mol. The second-order valence-electron chi connectivity index (χ2n) is 6.13. The molecule has 0 amide bonds. The van der Waals surface area contributed by atoms with Crippen LogP contribution in [0.4, 0.5) is 0 Å². The molecule has 1 aromatic rings. The molecular formula is C16H28ClIN4. The first-order valence-corrected chi connectivity index (χ1v) is 7.61. The Labute approximate surface area is 156 Å². The molecule has 0 heterocycles. The lowest BCUT2D eigenvalue weighted by molar-refractivity contribution is 0.422. The van der Waals surface area contributed by atoms with E-state index in [-0.39, 0.29) is 29.5 Å². The second kappa shape index (κ2) is 10.3. The molecule has 0 radical (unpaired) electrons. The summed E-state index contributed by atoms with van der Waals surface area (Å²) in [6, 6.07) is 7.89. The van der Waals surface area contributed by atoms with Gasteiger partial charge in [-0.3, -0.25) is 4.99 Å². The third kappa shape index (κ3) is 8.80. The Balaban J connectivity index is 0.00000441. The number of nitrogens with one attached hydrogen (secondary N) is 2. The molecule has 1 aromatic carbocycles. The van der Waals surface area contributed by atoms with Gasteiger partial charge >= 0.3 is 0 Å². The van der Waals surface area contributed by atoms with Gasteiger partial charge in [-0.15, -0.1) is 24.0 Å². The molecule has 0 spiro atoms. The summed E-state index contributed by atoms with van der Waals surface area (Å²) in [5.74, 6) is 0.889. The Morgan fingerprint density at radius 3 is 2.27 bits per heavy atom. The SMILES string of the molecule is CN=C(NCCNC(C)(C)C)N(C)Cc1ccc(Cl)cc1.I. The minimum atomic E-state index is 0. The number of rotatable bonds is 5. The van der Waals surface area contributed by atoms with Crippen molar-refractivity contribution in [2.24, 2.45) is 4.99 Å². The predicted molar refractivity (Wildman–Crippen MR) is 107 cm³/mol. The maximum atomic E-state index is 5.90. The summed E-state index contributed by atoms with van der Waals surface area (Å²) < 4.78 is 0. The molecule has 4 nitrogen and oxygen atoms in total. The third-order valence-corrected chi connectivity index (χ3v) is 3.22. The molecule has 6 heteroatoms. The summed E-state index contributed by atoms with van der Waals surface area (Å²) in [6.07, 6.45) is 0. The molecule has 1 rings (SSSR count). The van der Waals surface area contributed by atoms with Crippen molar-refractivity contribution in [3.63, 3.8) is 0 Å². The van der Waals surface area contributed by atoms with E-state index < -0.39 is 0 Å². The molecule has 0 aliphatic carbocycles. The van der Waals surface area contributed by atoms with Crippen molar-refractivity contribution in [2.45, 2.75) is 32.9 Å². The van der Waals surface area contributed by atoms with E-state index in [1.807, 2.05) is 31.3 Å². The summed E-state index contributed by atoms with van der Waals surface area (Å²) in [6.45, 7) is 9.02. The van der Waals surface area contributed by atoms with Gasteiger partial charge in [-0.1, -0.05) is 23.7 Å². The van der Waals surface area contributed by atoms with Gasteiger partial charge in [-0.25, -0.2) is 0 Å². The quantitative estimate of drug-likeness (QED) is 0.320. The van der Waals surface area contributed by atoms with Gasteiger partial charge in [0.2, 0.25) is 0 Å². The van der Waals surface area contributed by atoms with Crippen LogP contribution >= 0.6 is 35.6 Å². The largest absolute Gasteiger partial charge is 0.355 e. The monoisotopic (exact) mass is 438 g/mol. The molecule has 0 saturated carbocycles. The van der Waals surface area contributed by atoms with E-state index in [9.17, 15) is 0 Å². The molecule has 0 bridgehead atoms. The molecule has 0 aromatic heterocycles. The summed E-state index contributed by atoms with van der Waals surface area (Å²) in [4.78, 5) is 6.41. The zero-order valence-corrected chi connectivity index (χ0v) is 17.2. The fraction of sp³-hybridized carbons (Fsp3) is 0.562. The fourth-order valence-corrected chi connectivity index (χ4v) is 2.06. The highest BCUT2D eigenvalue weighted by molar-refractivity contribution is 14.0. The first-order chi connectivity index (χ1) is 9.81. The zero-order valence-electron chi connectivity index (χ0n) is 14.1. The summed E-state index contributed by atoms with van der Waals surface area (Å²) >= 11 is 5.90. The Morgan fingerprint density at radius 2 is 1.77 bits per heavy atom. The number of nitrogens with zero attached hydrogens (tertiary/aromatic N) is 2. The smallest absolute Gasteiger partial charge is 0.193 e. The van der Waals surface area contributed by atoms with E-state index in [1.165, 1.54) is 5.56 Å². The normalized spacial score (nSPS) is 11.8. The molecule has 0 aliphatic rings. The van der Waals surface area contributed by atoms with Gasteiger partial charge in [0.15, 0.2) is 5.96 Å². The lowest BCUT2D eigenvalue weighted by Gasteiger charge is -2.24. The van der Waals surface area contributed by atoms with E-state index in [0.717, 1.165) is 30.6 Å². The van der Waals surface area contributed by atoms with Crippen molar-refractivity contribution in [1.29, 1.82) is 0 Å². The first kappa shape index (κ1) is 21.5. The van der Waals surface area contributed by atoms with Crippen molar-refractivity contribution in [1.82, 2.24) is 15.5 Å². The lowest BCUT2D eigenvalue weighted by atomic mass is 10.1. The highest BCUT2D eigenvalue weighted by atomic mass is 127. The van der Waals surface area contributed by atoms with Crippen LogP contribution in [0.25, 0.3) is 0 Å². The molecule has 0 saturated heterocycles. The van der Waals surface area contributed by atoms with E-state index >= 15 is 0 Å². The fourth-order valence-electron chi connectivity index (χ4n) is 1.94. The number of aliphatic imine (C=N–C) groups is 1. The van der Waals surface area contributed by atoms with Crippen molar-refractivity contribution in [3.05, 3.63) is 34.9 Å². The number of hydrogen-bond acceptors (Lipinski definition) is 2. The molecule has 22 heavy (non-hydrogen) atoms. The highest BCUT2D eigenvalue weighted by Gasteiger charge is 2.09. The molecule has 0 atom stereocenters.